The van der Waals surface area contributed by atoms with Crippen LogP contribution < -0.4 is 10.6 Å². The minimum absolute atomic E-state index is 0.0792. The molecule has 1 aromatic rings. The van der Waals surface area contributed by atoms with E-state index in [0.29, 0.717) is 24.8 Å². The standard InChI is InChI=1S/C12H21N5O3/c1-4-6-14-12-15-9(2)10(17(18)19)11(16-12)13-7-5-8-20-3/h4-8H2,1-3H3,(H2,13,14,15,16). The van der Waals surface area contributed by atoms with Gasteiger partial charge in [0.15, 0.2) is 0 Å². The molecule has 0 saturated heterocycles. The average Bonchev–Trinajstić information content (AvgIpc) is 2.40. The van der Waals surface area contributed by atoms with Gasteiger partial charge in [0.2, 0.25) is 11.8 Å². The Hall–Kier alpha value is -1.96. The number of nitrogens with one attached hydrogen (secondary N) is 2. The third kappa shape index (κ3) is 4.61. The Balaban J connectivity index is 2.90. The highest BCUT2D eigenvalue weighted by atomic mass is 16.6. The summed E-state index contributed by atoms with van der Waals surface area (Å²) < 4.78 is 4.94. The van der Waals surface area contributed by atoms with E-state index >= 15 is 0 Å². The Morgan fingerprint density at radius 3 is 2.65 bits per heavy atom. The van der Waals surface area contributed by atoms with Crippen molar-refractivity contribution in [3.8, 4) is 0 Å². The Bertz CT molecular complexity index is 453. The van der Waals surface area contributed by atoms with Crippen LogP contribution in [0.5, 0.6) is 0 Å². The number of aryl methyl sites for hydroxylation is 1. The number of aromatic nitrogens is 2. The van der Waals surface area contributed by atoms with Crippen molar-refractivity contribution in [1.82, 2.24) is 9.97 Å². The van der Waals surface area contributed by atoms with Crippen molar-refractivity contribution in [2.75, 3.05) is 37.4 Å². The number of nitrogens with zero attached hydrogens (tertiary/aromatic N) is 3. The van der Waals surface area contributed by atoms with Crippen molar-refractivity contribution in [2.45, 2.75) is 26.7 Å². The predicted molar refractivity (Wildman–Crippen MR) is 77.2 cm³/mol. The van der Waals surface area contributed by atoms with Crippen LogP contribution in [0.15, 0.2) is 0 Å². The monoisotopic (exact) mass is 283 g/mol. The maximum Gasteiger partial charge on any atom is 0.332 e. The van der Waals surface area contributed by atoms with E-state index in [1.165, 1.54) is 0 Å². The average molecular weight is 283 g/mol. The predicted octanol–water partition coefficient (Wildman–Crippen LogP) is 1.96. The molecule has 0 aliphatic rings. The second-order valence-corrected chi connectivity index (χ2v) is 4.29. The normalized spacial score (nSPS) is 10.3. The van der Waals surface area contributed by atoms with E-state index in [9.17, 15) is 10.1 Å². The molecule has 112 valence electrons. The maximum absolute atomic E-state index is 11.1. The summed E-state index contributed by atoms with van der Waals surface area (Å²) in [6.07, 6.45) is 1.67. The molecular weight excluding hydrogens is 262 g/mol. The first-order chi connectivity index (χ1) is 9.60. The highest BCUT2D eigenvalue weighted by Gasteiger charge is 2.21. The zero-order chi connectivity index (χ0) is 15.0. The molecule has 8 heteroatoms. The van der Waals surface area contributed by atoms with E-state index in [2.05, 4.69) is 20.6 Å². The lowest BCUT2D eigenvalue weighted by atomic mass is 10.3. The molecule has 0 unspecified atom stereocenters. The fourth-order valence-electron chi connectivity index (χ4n) is 1.65. The van der Waals surface area contributed by atoms with Crippen LogP contribution in [0.3, 0.4) is 0 Å². The van der Waals surface area contributed by atoms with Crippen molar-refractivity contribution >= 4 is 17.5 Å². The van der Waals surface area contributed by atoms with E-state index in [1.54, 1.807) is 14.0 Å². The van der Waals surface area contributed by atoms with E-state index in [4.69, 9.17) is 4.74 Å². The second-order valence-electron chi connectivity index (χ2n) is 4.29. The summed E-state index contributed by atoms with van der Waals surface area (Å²) >= 11 is 0. The molecule has 1 aromatic heterocycles. The van der Waals surface area contributed by atoms with Gasteiger partial charge in [0.05, 0.1) is 4.92 Å². The summed E-state index contributed by atoms with van der Waals surface area (Å²) in [5.41, 5.74) is 0.266. The minimum atomic E-state index is -0.461. The van der Waals surface area contributed by atoms with Crippen LogP contribution >= 0.6 is 0 Å². The van der Waals surface area contributed by atoms with Gasteiger partial charge in [-0.2, -0.15) is 4.98 Å². The Morgan fingerprint density at radius 1 is 1.30 bits per heavy atom. The van der Waals surface area contributed by atoms with Crippen molar-refractivity contribution in [3.63, 3.8) is 0 Å². The largest absolute Gasteiger partial charge is 0.385 e. The minimum Gasteiger partial charge on any atom is -0.385 e. The number of hydrogen-bond acceptors (Lipinski definition) is 7. The van der Waals surface area contributed by atoms with Gasteiger partial charge in [0.25, 0.3) is 0 Å². The summed E-state index contributed by atoms with van der Waals surface area (Å²) in [6.45, 7) is 5.50. The third-order valence-corrected chi connectivity index (χ3v) is 2.59. The fourth-order valence-corrected chi connectivity index (χ4v) is 1.65. The third-order valence-electron chi connectivity index (χ3n) is 2.59. The van der Waals surface area contributed by atoms with Crippen molar-refractivity contribution < 1.29 is 9.66 Å². The van der Waals surface area contributed by atoms with Crippen LogP contribution in [0.1, 0.15) is 25.5 Å². The first-order valence-corrected chi connectivity index (χ1v) is 6.59. The molecular formula is C12H21N5O3. The van der Waals surface area contributed by atoms with Crippen LogP contribution in [-0.4, -0.2) is 41.7 Å². The summed E-state index contributed by atoms with van der Waals surface area (Å²) in [5, 5.41) is 17.1. The summed E-state index contributed by atoms with van der Waals surface area (Å²) in [4.78, 5) is 18.9. The van der Waals surface area contributed by atoms with Crippen molar-refractivity contribution in [1.29, 1.82) is 0 Å². The van der Waals surface area contributed by atoms with Crippen LogP contribution in [0, 0.1) is 17.0 Å². The van der Waals surface area contributed by atoms with E-state index in [-0.39, 0.29) is 11.5 Å². The van der Waals surface area contributed by atoms with E-state index in [1.807, 2.05) is 6.92 Å². The molecule has 0 saturated carbocycles. The molecule has 20 heavy (non-hydrogen) atoms. The number of rotatable bonds is 9. The van der Waals surface area contributed by atoms with Gasteiger partial charge in [-0.3, -0.25) is 10.1 Å². The van der Waals surface area contributed by atoms with Crippen LogP contribution in [-0.2, 0) is 4.74 Å². The molecule has 0 amide bonds. The van der Waals surface area contributed by atoms with Gasteiger partial charge in [0, 0.05) is 26.8 Å². The highest BCUT2D eigenvalue weighted by Crippen LogP contribution is 2.26. The Labute approximate surface area is 118 Å². The van der Waals surface area contributed by atoms with E-state index < -0.39 is 4.92 Å². The summed E-state index contributed by atoms with van der Waals surface area (Å²) in [5.74, 6) is 0.654. The Kier molecular flexibility index (Phi) is 6.65. The fraction of sp³-hybridized carbons (Fsp3) is 0.667. The van der Waals surface area contributed by atoms with Gasteiger partial charge in [-0.05, 0) is 19.8 Å². The lowest BCUT2D eigenvalue weighted by Gasteiger charge is -2.10. The quantitative estimate of drug-likeness (QED) is 0.405. The first kappa shape index (κ1) is 16.1. The van der Waals surface area contributed by atoms with Crippen LogP contribution in [0.4, 0.5) is 17.5 Å². The zero-order valence-corrected chi connectivity index (χ0v) is 12.1. The Morgan fingerprint density at radius 2 is 2.05 bits per heavy atom. The SMILES string of the molecule is CCCNc1nc(C)c([N+](=O)[O-])c(NCCCOC)n1. The van der Waals surface area contributed by atoms with Gasteiger partial charge in [0.1, 0.15) is 5.69 Å². The number of nitro groups is 1. The van der Waals surface area contributed by atoms with Crippen LogP contribution in [0.2, 0.25) is 0 Å². The summed E-state index contributed by atoms with van der Waals surface area (Å²) in [7, 11) is 1.62. The molecule has 2 N–H and O–H groups in total. The number of hydrogen-bond donors (Lipinski definition) is 2. The zero-order valence-electron chi connectivity index (χ0n) is 12.1. The van der Waals surface area contributed by atoms with Gasteiger partial charge in [-0.25, -0.2) is 4.98 Å². The molecule has 0 fully saturated rings. The molecule has 0 aliphatic carbocycles. The molecule has 1 heterocycles. The topological polar surface area (TPSA) is 102 Å². The van der Waals surface area contributed by atoms with Crippen molar-refractivity contribution in [3.05, 3.63) is 15.8 Å². The molecule has 8 nitrogen and oxygen atoms in total. The van der Waals surface area contributed by atoms with Crippen LogP contribution in [0.25, 0.3) is 0 Å². The van der Waals surface area contributed by atoms with Gasteiger partial charge in [-0.15, -0.1) is 0 Å². The molecule has 0 atom stereocenters. The molecule has 0 radical (unpaired) electrons. The van der Waals surface area contributed by atoms with E-state index in [0.717, 1.165) is 19.4 Å². The number of ether oxygens (including phenoxy) is 1. The first-order valence-electron chi connectivity index (χ1n) is 6.59. The smallest absolute Gasteiger partial charge is 0.332 e. The summed E-state index contributed by atoms with van der Waals surface area (Å²) in [6, 6.07) is 0. The number of anilines is 2. The molecule has 1 rings (SSSR count). The van der Waals surface area contributed by atoms with Gasteiger partial charge >= 0.3 is 5.69 Å². The van der Waals surface area contributed by atoms with Crippen molar-refractivity contribution in [2.24, 2.45) is 0 Å². The highest BCUT2D eigenvalue weighted by molar-refractivity contribution is 5.60. The van der Waals surface area contributed by atoms with Gasteiger partial charge < -0.3 is 15.4 Å². The maximum atomic E-state index is 11.1. The van der Waals surface area contributed by atoms with Gasteiger partial charge in [-0.1, -0.05) is 6.92 Å². The lowest BCUT2D eigenvalue weighted by molar-refractivity contribution is -0.385. The second kappa shape index (κ2) is 8.26. The molecule has 0 bridgehead atoms. The molecule has 0 spiro atoms. The molecule has 0 aliphatic heterocycles. The lowest BCUT2D eigenvalue weighted by Crippen LogP contribution is -2.13. The number of methoxy groups -OCH3 is 1. The molecule has 0 aromatic carbocycles.